The summed E-state index contributed by atoms with van der Waals surface area (Å²) in [5.41, 5.74) is 1.29. The Morgan fingerprint density at radius 3 is 2.71 bits per heavy atom. The van der Waals surface area contributed by atoms with E-state index >= 15 is 0 Å². The number of anilines is 1. The second-order valence-electron chi connectivity index (χ2n) is 4.74. The minimum atomic E-state index is -0.566. The van der Waals surface area contributed by atoms with Crippen LogP contribution >= 0.6 is 39.1 Å². The third kappa shape index (κ3) is 5.00. The standard InChI is InChI=1S/C17H12BrCl2N3O/c18-13-4-1-3-11(7-13)9-22-10-12(8-21)17(24)23-15-6-2-5-14(19)16(15)20/h1-7,10,22H,9H2,(H,23,24)/b12-10-. The topological polar surface area (TPSA) is 64.9 Å². The summed E-state index contributed by atoms with van der Waals surface area (Å²) in [5, 5.41) is 15.2. The van der Waals surface area contributed by atoms with Gasteiger partial charge in [-0.15, -0.1) is 0 Å². The molecule has 1 amide bonds. The number of nitriles is 1. The first-order valence-corrected chi connectivity index (χ1v) is 8.39. The Morgan fingerprint density at radius 1 is 1.25 bits per heavy atom. The predicted molar refractivity (Wildman–Crippen MR) is 99.8 cm³/mol. The van der Waals surface area contributed by atoms with Crippen LogP contribution in [0.25, 0.3) is 0 Å². The molecule has 0 aromatic heterocycles. The molecular formula is C17H12BrCl2N3O. The summed E-state index contributed by atoms with van der Waals surface area (Å²) < 4.78 is 0.958. The molecule has 122 valence electrons. The lowest BCUT2D eigenvalue weighted by Crippen LogP contribution is -2.17. The van der Waals surface area contributed by atoms with Crippen molar-refractivity contribution >= 4 is 50.7 Å². The van der Waals surface area contributed by atoms with Gasteiger partial charge in [0.25, 0.3) is 5.91 Å². The lowest BCUT2D eigenvalue weighted by atomic mass is 10.2. The van der Waals surface area contributed by atoms with E-state index in [1.807, 2.05) is 30.3 Å². The maximum Gasteiger partial charge on any atom is 0.267 e. The van der Waals surface area contributed by atoms with Crippen molar-refractivity contribution in [2.75, 3.05) is 5.32 Å². The van der Waals surface area contributed by atoms with Gasteiger partial charge in [0.05, 0.1) is 15.7 Å². The van der Waals surface area contributed by atoms with E-state index < -0.39 is 5.91 Å². The van der Waals surface area contributed by atoms with E-state index in [4.69, 9.17) is 28.5 Å². The SMILES string of the molecule is N#C/C(=C/NCc1cccc(Br)c1)C(=O)Nc1cccc(Cl)c1Cl. The average molecular weight is 425 g/mol. The van der Waals surface area contributed by atoms with Gasteiger partial charge in [0.1, 0.15) is 11.6 Å². The quantitative estimate of drug-likeness (QED) is 0.530. The number of hydrogen-bond donors (Lipinski definition) is 2. The predicted octanol–water partition coefficient (Wildman–Crippen LogP) is 4.89. The number of halogens is 3. The molecule has 0 saturated carbocycles. The van der Waals surface area contributed by atoms with Crippen molar-refractivity contribution in [3.05, 3.63) is 74.3 Å². The number of amides is 1. The fourth-order valence-corrected chi connectivity index (χ4v) is 2.65. The van der Waals surface area contributed by atoms with Gasteiger partial charge in [0.2, 0.25) is 0 Å². The lowest BCUT2D eigenvalue weighted by molar-refractivity contribution is -0.112. The first-order chi connectivity index (χ1) is 11.5. The van der Waals surface area contributed by atoms with Crippen LogP contribution in [-0.2, 0) is 11.3 Å². The van der Waals surface area contributed by atoms with Crippen molar-refractivity contribution in [1.82, 2.24) is 5.32 Å². The van der Waals surface area contributed by atoms with Crippen LogP contribution in [-0.4, -0.2) is 5.91 Å². The first kappa shape index (κ1) is 18.3. The molecule has 0 atom stereocenters. The van der Waals surface area contributed by atoms with E-state index in [0.29, 0.717) is 17.3 Å². The third-order valence-corrected chi connectivity index (χ3v) is 4.32. The number of benzene rings is 2. The van der Waals surface area contributed by atoms with E-state index in [-0.39, 0.29) is 10.6 Å². The number of rotatable bonds is 5. The van der Waals surface area contributed by atoms with E-state index in [9.17, 15) is 4.79 Å². The van der Waals surface area contributed by atoms with E-state index in [1.54, 1.807) is 18.2 Å². The molecule has 0 saturated heterocycles. The van der Waals surface area contributed by atoms with Crippen molar-refractivity contribution in [2.24, 2.45) is 0 Å². The fraction of sp³-hybridized carbons (Fsp3) is 0.0588. The molecule has 2 aromatic carbocycles. The van der Waals surface area contributed by atoms with Crippen LogP contribution in [0.5, 0.6) is 0 Å². The van der Waals surface area contributed by atoms with Crippen LogP contribution in [0, 0.1) is 11.3 Å². The Bertz CT molecular complexity index is 831. The fourth-order valence-electron chi connectivity index (χ4n) is 1.86. The van der Waals surface area contributed by atoms with Gasteiger partial charge in [0.15, 0.2) is 0 Å². The lowest BCUT2D eigenvalue weighted by Gasteiger charge is -2.08. The molecule has 2 rings (SSSR count). The zero-order valence-electron chi connectivity index (χ0n) is 12.3. The second-order valence-corrected chi connectivity index (χ2v) is 6.44. The summed E-state index contributed by atoms with van der Waals surface area (Å²) in [4.78, 5) is 12.2. The zero-order chi connectivity index (χ0) is 17.5. The monoisotopic (exact) mass is 423 g/mol. The van der Waals surface area contributed by atoms with Crippen molar-refractivity contribution in [2.45, 2.75) is 6.54 Å². The Labute approximate surface area is 158 Å². The van der Waals surface area contributed by atoms with Crippen molar-refractivity contribution in [3.8, 4) is 6.07 Å². The number of hydrogen-bond acceptors (Lipinski definition) is 3. The van der Waals surface area contributed by atoms with Gasteiger partial charge in [-0.2, -0.15) is 5.26 Å². The number of carbonyl (C=O) groups excluding carboxylic acids is 1. The normalized spacial score (nSPS) is 10.8. The third-order valence-electron chi connectivity index (χ3n) is 3.01. The summed E-state index contributed by atoms with van der Waals surface area (Å²) >= 11 is 15.3. The molecule has 0 unspecified atom stereocenters. The molecule has 0 radical (unpaired) electrons. The van der Waals surface area contributed by atoms with Gasteiger partial charge < -0.3 is 10.6 Å². The molecule has 0 spiro atoms. The highest BCUT2D eigenvalue weighted by Gasteiger charge is 2.12. The molecule has 0 aliphatic carbocycles. The molecule has 2 aromatic rings. The van der Waals surface area contributed by atoms with Gasteiger partial charge in [-0.1, -0.05) is 57.3 Å². The second kappa shape index (κ2) is 8.74. The smallest absolute Gasteiger partial charge is 0.267 e. The molecule has 4 nitrogen and oxygen atoms in total. The number of nitrogens with zero attached hydrogens (tertiary/aromatic N) is 1. The van der Waals surface area contributed by atoms with E-state index in [2.05, 4.69) is 26.6 Å². The van der Waals surface area contributed by atoms with Gasteiger partial charge in [-0.3, -0.25) is 4.79 Å². The van der Waals surface area contributed by atoms with Gasteiger partial charge in [-0.05, 0) is 29.8 Å². The highest BCUT2D eigenvalue weighted by atomic mass is 79.9. The summed E-state index contributed by atoms with van der Waals surface area (Å²) in [7, 11) is 0. The van der Waals surface area contributed by atoms with E-state index in [1.165, 1.54) is 6.20 Å². The van der Waals surface area contributed by atoms with E-state index in [0.717, 1.165) is 10.0 Å². The first-order valence-electron chi connectivity index (χ1n) is 6.84. The Hall–Kier alpha value is -2.00. The van der Waals surface area contributed by atoms with Crippen LogP contribution in [0.15, 0.2) is 58.7 Å². The maximum absolute atomic E-state index is 12.2. The van der Waals surface area contributed by atoms with Crippen LogP contribution in [0.3, 0.4) is 0 Å². The Kier molecular flexibility index (Phi) is 6.68. The molecular weight excluding hydrogens is 413 g/mol. The largest absolute Gasteiger partial charge is 0.386 e. The average Bonchev–Trinajstić information content (AvgIpc) is 2.56. The van der Waals surface area contributed by atoms with Crippen LogP contribution in [0.2, 0.25) is 10.0 Å². The minimum absolute atomic E-state index is 0.0685. The zero-order valence-corrected chi connectivity index (χ0v) is 15.4. The molecule has 0 fully saturated rings. The molecule has 0 bridgehead atoms. The van der Waals surface area contributed by atoms with Crippen LogP contribution in [0.4, 0.5) is 5.69 Å². The highest BCUT2D eigenvalue weighted by Crippen LogP contribution is 2.29. The number of carbonyl (C=O) groups is 1. The van der Waals surface area contributed by atoms with Crippen LogP contribution in [0.1, 0.15) is 5.56 Å². The van der Waals surface area contributed by atoms with Crippen molar-refractivity contribution < 1.29 is 4.79 Å². The summed E-state index contributed by atoms with van der Waals surface area (Å²) in [6.07, 6.45) is 1.37. The highest BCUT2D eigenvalue weighted by molar-refractivity contribution is 9.10. The molecule has 0 heterocycles. The van der Waals surface area contributed by atoms with Gasteiger partial charge in [-0.25, -0.2) is 0 Å². The minimum Gasteiger partial charge on any atom is -0.386 e. The van der Waals surface area contributed by atoms with Crippen LogP contribution < -0.4 is 10.6 Å². The van der Waals surface area contributed by atoms with Gasteiger partial charge >= 0.3 is 0 Å². The molecule has 2 N–H and O–H groups in total. The number of nitrogens with one attached hydrogen (secondary N) is 2. The Morgan fingerprint density at radius 2 is 2.00 bits per heavy atom. The molecule has 0 aliphatic rings. The summed E-state index contributed by atoms with van der Waals surface area (Å²) in [6.45, 7) is 0.482. The molecule has 24 heavy (non-hydrogen) atoms. The molecule has 7 heteroatoms. The summed E-state index contributed by atoms with van der Waals surface area (Å²) in [5.74, 6) is -0.566. The van der Waals surface area contributed by atoms with Crippen molar-refractivity contribution in [3.63, 3.8) is 0 Å². The molecule has 0 aliphatic heterocycles. The maximum atomic E-state index is 12.2. The van der Waals surface area contributed by atoms with Gasteiger partial charge in [0, 0.05) is 17.2 Å². The summed E-state index contributed by atoms with van der Waals surface area (Å²) in [6, 6.07) is 14.4. The Balaban J connectivity index is 2.03. The van der Waals surface area contributed by atoms with Crippen molar-refractivity contribution in [1.29, 1.82) is 5.26 Å².